The van der Waals surface area contributed by atoms with Crippen molar-refractivity contribution in [2.75, 3.05) is 20.3 Å². The molecule has 1 fully saturated rings. The first kappa shape index (κ1) is 16.0. The van der Waals surface area contributed by atoms with Crippen molar-refractivity contribution in [2.24, 2.45) is 17.3 Å². The summed E-state index contributed by atoms with van der Waals surface area (Å²) in [4.78, 5) is 0. The molecule has 1 saturated carbocycles. The Balaban J connectivity index is 2.48. The largest absolute Gasteiger partial charge is 0.382 e. The highest BCUT2D eigenvalue weighted by Gasteiger charge is 2.37. The second kappa shape index (κ2) is 7.49. The number of rotatable bonds is 7. The molecule has 2 heteroatoms. The summed E-state index contributed by atoms with van der Waals surface area (Å²) in [6.45, 7) is 11.1. The van der Waals surface area contributed by atoms with Crippen LogP contribution in [0.25, 0.3) is 0 Å². The van der Waals surface area contributed by atoms with Crippen LogP contribution in [0.3, 0.4) is 0 Å². The molecular formula is C16H33NO. The van der Waals surface area contributed by atoms with E-state index in [-0.39, 0.29) is 0 Å². The van der Waals surface area contributed by atoms with E-state index < -0.39 is 0 Å². The van der Waals surface area contributed by atoms with E-state index in [1.54, 1.807) is 0 Å². The molecule has 0 saturated heterocycles. The fourth-order valence-corrected chi connectivity index (χ4v) is 3.59. The Morgan fingerprint density at radius 2 is 2.00 bits per heavy atom. The minimum atomic E-state index is 0.435. The third kappa shape index (κ3) is 4.55. The Bertz CT molecular complexity index is 227. The molecule has 0 aromatic rings. The van der Waals surface area contributed by atoms with Crippen LogP contribution in [0.15, 0.2) is 0 Å². The molecule has 1 aliphatic rings. The third-order valence-corrected chi connectivity index (χ3v) is 4.80. The lowest BCUT2D eigenvalue weighted by molar-refractivity contribution is 0.0728. The van der Waals surface area contributed by atoms with Gasteiger partial charge in [-0.15, -0.1) is 0 Å². The van der Waals surface area contributed by atoms with Gasteiger partial charge in [-0.2, -0.15) is 0 Å². The monoisotopic (exact) mass is 255 g/mol. The van der Waals surface area contributed by atoms with Crippen LogP contribution in [0.4, 0.5) is 0 Å². The summed E-state index contributed by atoms with van der Waals surface area (Å²) in [5.41, 5.74) is 0.435. The lowest BCUT2D eigenvalue weighted by Crippen LogP contribution is -2.45. The highest BCUT2D eigenvalue weighted by molar-refractivity contribution is 4.91. The Kier molecular flexibility index (Phi) is 6.65. The molecule has 1 N–H and O–H groups in total. The summed E-state index contributed by atoms with van der Waals surface area (Å²) in [7, 11) is 2.13. The summed E-state index contributed by atoms with van der Waals surface area (Å²) >= 11 is 0. The van der Waals surface area contributed by atoms with E-state index in [1.165, 1.54) is 32.1 Å². The third-order valence-electron chi connectivity index (χ3n) is 4.80. The summed E-state index contributed by atoms with van der Waals surface area (Å²) in [6.07, 6.45) is 6.61. The molecule has 0 aromatic heterocycles. The average Bonchev–Trinajstić information content (AvgIpc) is 2.34. The van der Waals surface area contributed by atoms with Crippen molar-refractivity contribution >= 4 is 0 Å². The molecule has 108 valence electrons. The molecule has 0 aliphatic heterocycles. The molecule has 0 amide bonds. The standard InChI is InChI=1S/C16H33NO/c1-6-18-11-7-10-16(3,4)14-9-8-13(2)12-15(14)17-5/h13-15,17H,6-12H2,1-5H3. The quantitative estimate of drug-likeness (QED) is 0.698. The average molecular weight is 255 g/mol. The van der Waals surface area contributed by atoms with Crippen LogP contribution in [-0.2, 0) is 4.74 Å². The fourth-order valence-electron chi connectivity index (χ4n) is 3.59. The maximum absolute atomic E-state index is 5.47. The van der Waals surface area contributed by atoms with Gasteiger partial charge in [-0.25, -0.2) is 0 Å². The minimum absolute atomic E-state index is 0.435. The molecule has 3 atom stereocenters. The van der Waals surface area contributed by atoms with Crippen LogP contribution < -0.4 is 5.32 Å². The summed E-state index contributed by atoms with van der Waals surface area (Å²) in [5.74, 6) is 1.71. The SMILES string of the molecule is CCOCCCC(C)(C)C1CCC(C)CC1NC. The first-order valence-electron chi connectivity index (χ1n) is 7.76. The van der Waals surface area contributed by atoms with Gasteiger partial charge in [-0.3, -0.25) is 0 Å². The van der Waals surface area contributed by atoms with Crippen LogP contribution in [0.2, 0.25) is 0 Å². The molecule has 0 heterocycles. The lowest BCUT2D eigenvalue weighted by Gasteiger charge is -2.44. The van der Waals surface area contributed by atoms with Crippen molar-refractivity contribution in [2.45, 2.75) is 65.8 Å². The molecular weight excluding hydrogens is 222 g/mol. The Morgan fingerprint density at radius 1 is 1.28 bits per heavy atom. The van der Waals surface area contributed by atoms with Crippen LogP contribution in [-0.4, -0.2) is 26.3 Å². The van der Waals surface area contributed by atoms with E-state index >= 15 is 0 Å². The van der Waals surface area contributed by atoms with Crippen LogP contribution in [0, 0.1) is 17.3 Å². The number of hydrogen-bond donors (Lipinski definition) is 1. The van der Waals surface area contributed by atoms with Gasteiger partial charge in [0.05, 0.1) is 0 Å². The topological polar surface area (TPSA) is 21.3 Å². The highest BCUT2D eigenvalue weighted by Crippen LogP contribution is 2.42. The molecule has 1 rings (SSSR count). The van der Waals surface area contributed by atoms with Gasteiger partial charge in [0, 0.05) is 19.3 Å². The van der Waals surface area contributed by atoms with E-state index in [9.17, 15) is 0 Å². The second-order valence-corrected chi connectivity index (χ2v) is 6.71. The Hall–Kier alpha value is -0.0800. The molecule has 0 radical (unpaired) electrons. The Morgan fingerprint density at radius 3 is 2.61 bits per heavy atom. The van der Waals surface area contributed by atoms with E-state index in [0.29, 0.717) is 11.5 Å². The molecule has 2 nitrogen and oxygen atoms in total. The highest BCUT2D eigenvalue weighted by atomic mass is 16.5. The lowest BCUT2D eigenvalue weighted by atomic mass is 9.65. The van der Waals surface area contributed by atoms with E-state index in [0.717, 1.165) is 25.0 Å². The maximum Gasteiger partial charge on any atom is 0.0466 e. The van der Waals surface area contributed by atoms with Gasteiger partial charge in [0.1, 0.15) is 0 Å². The zero-order chi connectivity index (χ0) is 13.6. The molecule has 1 aliphatic carbocycles. The van der Waals surface area contributed by atoms with Crippen molar-refractivity contribution in [1.29, 1.82) is 0 Å². The molecule has 0 bridgehead atoms. The number of ether oxygens (including phenoxy) is 1. The maximum atomic E-state index is 5.47. The van der Waals surface area contributed by atoms with Gasteiger partial charge < -0.3 is 10.1 Å². The fraction of sp³-hybridized carbons (Fsp3) is 1.00. The van der Waals surface area contributed by atoms with Gasteiger partial charge in [0.25, 0.3) is 0 Å². The van der Waals surface area contributed by atoms with E-state index in [4.69, 9.17) is 4.74 Å². The van der Waals surface area contributed by atoms with Gasteiger partial charge >= 0.3 is 0 Å². The minimum Gasteiger partial charge on any atom is -0.382 e. The number of hydrogen-bond acceptors (Lipinski definition) is 2. The van der Waals surface area contributed by atoms with Gasteiger partial charge in [-0.1, -0.05) is 27.2 Å². The second-order valence-electron chi connectivity index (χ2n) is 6.71. The van der Waals surface area contributed by atoms with Gasteiger partial charge in [0.2, 0.25) is 0 Å². The number of nitrogens with one attached hydrogen (secondary N) is 1. The normalized spacial score (nSPS) is 29.5. The predicted molar refractivity (Wildman–Crippen MR) is 78.9 cm³/mol. The van der Waals surface area contributed by atoms with Crippen molar-refractivity contribution < 1.29 is 4.74 Å². The van der Waals surface area contributed by atoms with Crippen molar-refractivity contribution in [1.82, 2.24) is 5.32 Å². The summed E-state index contributed by atoms with van der Waals surface area (Å²) < 4.78 is 5.47. The summed E-state index contributed by atoms with van der Waals surface area (Å²) in [5, 5.41) is 3.56. The van der Waals surface area contributed by atoms with Crippen molar-refractivity contribution in [3.05, 3.63) is 0 Å². The van der Waals surface area contributed by atoms with E-state index in [2.05, 4.69) is 40.1 Å². The predicted octanol–water partition coefficient (Wildman–Crippen LogP) is 3.85. The first-order chi connectivity index (χ1) is 8.51. The van der Waals surface area contributed by atoms with Gasteiger partial charge in [0.15, 0.2) is 0 Å². The van der Waals surface area contributed by atoms with Crippen LogP contribution in [0.1, 0.15) is 59.8 Å². The molecule has 0 aromatic carbocycles. The van der Waals surface area contributed by atoms with Crippen LogP contribution in [0.5, 0.6) is 0 Å². The zero-order valence-electron chi connectivity index (χ0n) is 13.1. The smallest absolute Gasteiger partial charge is 0.0466 e. The zero-order valence-corrected chi connectivity index (χ0v) is 13.1. The van der Waals surface area contributed by atoms with Gasteiger partial charge in [-0.05, 0) is 56.9 Å². The molecule has 3 unspecified atom stereocenters. The molecule has 0 spiro atoms. The van der Waals surface area contributed by atoms with Crippen molar-refractivity contribution in [3.63, 3.8) is 0 Å². The summed E-state index contributed by atoms with van der Waals surface area (Å²) in [6, 6.07) is 0.704. The Labute approximate surface area is 114 Å². The van der Waals surface area contributed by atoms with Crippen LogP contribution >= 0.6 is 0 Å². The molecule has 18 heavy (non-hydrogen) atoms. The van der Waals surface area contributed by atoms with E-state index in [1.807, 2.05) is 0 Å². The first-order valence-corrected chi connectivity index (χ1v) is 7.76. The van der Waals surface area contributed by atoms with Crippen molar-refractivity contribution in [3.8, 4) is 0 Å².